The van der Waals surface area contributed by atoms with Gasteiger partial charge in [-0.3, -0.25) is 9.59 Å². The summed E-state index contributed by atoms with van der Waals surface area (Å²) >= 11 is 0. The molecule has 0 aromatic heterocycles. The molecule has 2 bridgehead atoms. The maximum absolute atomic E-state index is 13.5. The Bertz CT molecular complexity index is 1170. The van der Waals surface area contributed by atoms with Crippen LogP contribution < -0.4 is 0 Å². The van der Waals surface area contributed by atoms with E-state index >= 15 is 0 Å². The molecule has 5 aliphatic rings. The third-order valence-electron chi connectivity index (χ3n) is 10.5. The zero-order valence-electron chi connectivity index (χ0n) is 23.0. The van der Waals surface area contributed by atoms with E-state index in [9.17, 15) is 34.2 Å². The van der Waals surface area contributed by atoms with Crippen molar-refractivity contribution in [2.45, 2.75) is 77.5 Å². The van der Waals surface area contributed by atoms with Crippen LogP contribution >= 0.6 is 0 Å². The molecule has 3 aliphatic carbocycles. The summed E-state index contributed by atoms with van der Waals surface area (Å²) in [4.78, 5) is 65.4. The summed E-state index contributed by atoms with van der Waals surface area (Å²) < 4.78 is 22.7. The maximum Gasteiger partial charge on any atom is 0.348 e. The number of aliphatic hydroxyl groups excluding tert-OH is 2. The van der Waals surface area contributed by atoms with Gasteiger partial charge in [0, 0.05) is 29.7 Å². The molecule has 3 saturated carbocycles. The minimum atomic E-state index is -2.23. The van der Waals surface area contributed by atoms with Crippen molar-refractivity contribution in [1.29, 1.82) is 0 Å². The fourth-order valence-electron chi connectivity index (χ4n) is 8.56. The lowest BCUT2D eigenvalue weighted by atomic mass is 9.37. The lowest BCUT2D eigenvalue weighted by molar-refractivity contribution is -0.295. The van der Waals surface area contributed by atoms with Crippen molar-refractivity contribution in [3.8, 4) is 0 Å². The second kappa shape index (κ2) is 8.94. The van der Waals surface area contributed by atoms with Crippen molar-refractivity contribution >= 4 is 29.5 Å². The Balaban J connectivity index is 1.69. The fourth-order valence-corrected chi connectivity index (χ4v) is 8.56. The zero-order valence-corrected chi connectivity index (χ0v) is 23.0. The van der Waals surface area contributed by atoms with E-state index in [1.54, 1.807) is 20.8 Å². The smallest absolute Gasteiger partial charge is 0.348 e. The van der Waals surface area contributed by atoms with E-state index in [4.69, 9.17) is 18.9 Å². The molecule has 1 unspecified atom stereocenters. The molecule has 214 valence electrons. The maximum atomic E-state index is 13.5. The molecule has 5 rings (SSSR count). The van der Waals surface area contributed by atoms with Gasteiger partial charge in [0.25, 0.3) is 0 Å². The third-order valence-corrected chi connectivity index (χ3v) is 10.5. The molecule has 11 heteroatoms. The number of fused-ring (bicyclic) bond motifs is 2. The largest absolute Gasteiger partial charge is 0.467 e. The van der Waals surface area contributed by atoms with Crippen LogP contribution in [0.5, 0.6) is 0 Å². The van der Waals surface area contributed by atoms with Crippen LogP contribution in [0.2, 0.25) is 0 Å². The number of carbonyl (C=O) groups excluding carboxylic acids is 5. The van der Waals surface area contributed by atoms with E-state index in [0.29, 0.717) is 5.57 Å². The summed E-state index contributed by atoms with van der Waals surface area (Å²) in [5, 5.41) is 23.3. The molecular weight excluding hydrogens is 512 g/mol. The van der Waals surface area contributed by atoms with Crippen LogP contribution in [0.25, 0.3) is 0 Å². The first-order valence-corrected chi connectivity index (χ1v) is 13.4. The molecule has 0 aromatic carbocycles. The van der Waals surface area contributed by atoms with Gasteiger partial charge in [-0.15, -0.1) is 0 Å². The Kier molecular flexibility index (Phi) is 6.40. The van der Waals surface area contributed by atoms with Crippen LogP contribution in [0.3, 0.4) is 0 Å². The monoisotopic (exact) mass is 548 g/mol. The molecular formula is C28H36O11. The van der Waals surface area contributed by atoms with Crippen molar-refractivity contribution in [3.63, 3.8) is 0 Å². The number of esters is 3. The van der Waals surface area contributed by atoms with Crippen LogP contribution in [0.15, 0.2) is 11.6 Å². The van der Waals surface area contributed by atoms with E-state index in [0.717, 1.165) is 7.11 Å². The zero-order chi connectivity index (χ0) is 28.8. The van der Waals surface area contributed by atoms with E-state index < -0.39 is 94.0 Å². The standard InChI is InChI=1S/C28H36O11/c1-11(2)12(3)7-17(30)39-20-22-27-10-37-28(22,25(35)36-6)23(33)19(32)21(27)26(5)9-15(29)18(31)13(4)14(26)8-16(27)38-24(20)34/h7,11,13-14,16,19-23,32-33H,8-10H2,1-6H3/b12-7+/t13?,14-,16+,19+,20+,21+,22+,23-,26-,27+,28+/m0/s1. The molecule has 5 fully saturated rings. The number of methoxy groups -OCH3 is 1. The van der Waals surface area contributed by atoms with Gasteiger partial charge in [0.1, 0.15) is 12.2 Å². The first kappa shape index (κ1) is 27.9. The van der Waals surface area contributed by atoms with Gasteiger partial charge in [0.05, 0.1) is 25.7 Å². The highest BCUT2D eigenvalue weighted by Crippen LogP contribution is 2.72. The van der Waals surface area contributed by atoms with Crippen molar-refractivity contribution in [3.05, 3.63) is 11.6 Å². The Morgan fingerprint density at radius 2 is 1.82 bits per heavy atom. The highest BCUT2D eigenvalue weighted by molar-refractivity contribution is 6.38. The third kappa shape index (κ3) is 3.42. The van der Waals surface area contributed by atoms with E-state index in [1.807, 2.05) is 13.8 Å². The molecule has 0 radical (unpaired) electrons. The molecule has 2 heterocycles. The number of rotatable bonds is 4. The molecule has 2 saturated heterocycles. The number of carbonyl (C=O) groups is 5. The first-order chi connectivity index (χ1) is 18.2. The minimum Gasteiger partial charge on any atom is -0.467 e. The van der Waals surface area contributed by atoms with Crippen LogP contribution in [0, 0.1) is 40.4 Å². The minimum absolute atomic E-state index is 0.0274. The van der Waals surface area contributed by atoms with Gasteiger partial charge in [-0.2, -0.15) is 0 Å². The van der Waals surface area contributed by atoms with E-state index in [2.05, 4.69) is 0 Å². The second-order valence-electron chi connectivity index (χ2n) is 12.5. The average Bonchev–Trinajstić information content (AvgIpc) is 3.18. The number of ether oxygens (including phenoxy) is 4. The number of ketones is 2. The molecule has 0 aromatic rings. The van der Waals surface area contributed by atoms with Gasteiger partial charge in [-0.25, -0.2) is 14.4 Å². The Labute approximate surface area is 226 Å². The van der Waals surface area contributed by atoms with Crippen molar-refractivity contribution in [2.75, 3.05) is 13.7 Å². The van der Waals surface area contributed by atoms with Gasteiger partial charge in [-0.05, 0) is 30.6 Å². The number of hydrogen-bond acceptors (Lipinski definition) is 11. The van der Waals surface area contributed by atoms with Crippen LogP contribution in [-0.2, 0) is 42.9 Å². The Morgan fingerprint density at radius 1 is 1.15 bits per heavy atom. The quantitative estimate of drug-likeness (QED) is 0.218. The van der Waals surface area contributed by atoms with E-state index in [-0.39, 0.29) is 25.4 Å². The molecule has 2 aliphatic heterocycles. The summed E-state index contributed by atoms with van der Waals surface area (Å²) in [6.45, 7) is 8.72. The van der Waals surface area contributed by atoms with Crippen molar-refractivity contribution in [1.82, 2.24) is 0 Å². The normalized spacial score (nSPS) is 46.8. The predicted octanol–water partition coefficient (Wildman–Crippen LogP) is 0.526. The number of allylic oxidation sites excluding steroid dienone is 1. The average molecular weight is 549 g/mol. The molecule has 0 amide bonds. The van der Waals surface area contributed by atoms with E-state index in [1.165, 1.54) is 6.08 Å². The molecule has 1 spiro atoms. The lowest BCUT2D eigenvalue weighted by Crippen LogP contribution is -2.79. The summed E-state index contributed by atoms with van der Waals surface area (Å²) in [7, 11) is 1.09. The van der Waals surface area contributed by atoms with Gasteiger partial charge in [0.15, 0.2) is 5.78 Å². The molecule has 11 nitrogen and oxygen atoms in total. The van der Waals surface area contributed by atoms with Gasteiger partial charge in [-0.1, -0.05) is 33.3 Å². The molecule has 2 N–H and O–H groups in total. The second-order valence-corrected chi connectivity index (χ2v) is 12.5. The lowest BCUT2D eigenvalue weighted by Gasteiger charge is -2.67. The number of hydrogen-bond donors (Lipinski definition) is 2. The van der Waals surface area contributed by atoms with Crippen molar-refractivity contribution < 1.29 is 53.1 Å². The number of aliphatic hydroxyl groups is 2. The van der Waals surface area contributed by atoms with Crippen molar-refractivity contribution in [2.24, 2.45) is 40.4 Å². The number of Topliss-reactive ketones (excluding diaryl/α,β-unsaturated/α-hetero) is 2. The molecule has 11 atom stereocenters. The SMILES string of the molecule is COC(=O)[C@]12OC[C@]34[C@H]([C@@H](O)[C@@H]1O)[C@@]1(C)CC(=O)C(=O)C(C)[C@@H]1C[C@H]3OC(=O)[C@H](OC(=O)/C=C(\C)C(C)C)[C@@H]24. The fraction of sp³-hybridized carbons (Fsp3) is 0.750. The Hall–Kier alpha value is -2.63. The Morgan fingerprint density at radius 3 is 2.44 bits per heavy atom. The van der Waals surface area contributed by atoms with Crippen LogP contribution in [0.4, 0.5) is 0 Å². The first-order valence-electron chi connectivity index (χ1n) is 13.4. The van der Waals surface area contributed by atoms with Gasteiger partial charge >= 0.3 is 17.9 Å². The van der Waals surface area contributed by atoms with Crippen LogP contribution in [-0.4, -0.2) is 83.4 Å². The predicted molar refractivity (Wildman–Crippen MR) is 130 cm³/mol. The summed E-state index contributed by atoms with van der Waals surface area (Å²) in [6, 6.07) is 0. The highest BCUT2D eigenvalue weighted by Gasteiger charge is 2.85. The van der Waals surface area contributed by atoms with Gasteiger partial charge < -0.3 is 29.2 Å². The van der Waals surface area contributed by atoms with Gasteiger partial charge in [0.2, 0.25) is 17.5 Å². The summed E-state index contributed by atoms with van der Waals surface area (Å²) in [6.07, 6.45) is -4.82. The summed E-state index contributed by atoms with van der Waals surface area (Å²) in [5.41, 5.74) is -3.85. The van der Waals surface area contributed by atoms with Crippen LogP contribution in [0.1, 0.15) is 47.5 Å². The topological polar surface area (TPSA) is 163 Å². The highest BCUT2D eigenvalue weighted by atomic mass is 16.6. The molecule has 39 heavy (non-hydrogen) atoms. The summed E-state index contributed by atoms with van der Waals surface area (Å²) in [5.74, 6) is -7.22.